The molecule has 0 saturated heterocycles. The number of aryl methyl sites for hydroxylation is 1. The maximum atomic E-state index is 9.94. The summed E-state index contributed by atoms with van der Waals surface area (Å²) in [5.74, 6) is 0.889. The molecule has 1 aromatic carbocycles. The quantitative estimate of drug-likeness (QED) is 0.640. The van der Waals surface area contributed by atoms with Crippen LogP contribution in [0, 0.1) is 6.92 Å². The summed E-state index contributed by atoms with van der Waals surface area (Å²) >= 11 is 0. The molecule has 3 atom stereocenters. The summed E-state index contributed by atoms with van der Waals surface area (Å²) in [7, 11) is 0. The van der Waals surface area contributed by atoms with Crippen LogP contribution in [0.3, 0.4) is 0 Å². The van der Waals surface area contributed by atoms with Crippen LogP contribution in [0.25, 0.3) is 0 Å². The lowest BCUT2D eigenvalue weighted by Gasteiger charge is -2.14. The fourth-order valence-electron chi connectivity index (χ4n) is 3.01. The molecule has 1 fully saturated rings. The summed E-state index contributed by atoms with van der Waals surface area (Å²) in [5.41, 5.74) is 4.15. The monoisotopic (exact) mass is 174 g/mol. The van der Waals surface area contributed by atoms with Gasteiger partial charge in [-0.3, -0.25) is 0 Å². The molecule has 0 aromatic heterocycles. The third-order valence-electron chi connectivity index (χ3n) is 3.65. The molecule has 1 N–H and O–H groups in total. The minimum Gasteiger partial charge on any atom is -0.392 e. The van der Waals surface area contributed by atoms with Crippen molar-refractivity contribution >= 4 is 0 Å². The average molecular weight is 174 g/mol. The molecule has 1 heteroatoms. The first-order valence-corrected chi connectivity index (χ1v) is 5.06. The maximum Gasteiger partial charge on any atom is 0.0677 e. The first kappa shape index (κ1) is 7.57. The van der Waals surface area contributed by atoms with Gasteiger partial charge >= 0.3 is 0 Å². The van der Waals surface area contributed by atoms with E-state index in [2.05, 4.69) is 25.1 Å². The first-order chi connectivity index (χ1) is 6.27. The number of hydrogen-bond donors (Lipinski definition) is 1. The zero-order valence-electron chi connectivity index (χ0n) is 7.83. The molecule has 0 spiro atoms. The van der Waals surface area contributed by atoms with Crippen LogP contribution < -0.4 is 0 Å². The van der Waals surface area contributed by atoms with E-state index in [1.807, 2.05) is 0 Å². The molecule has 2 aliphatic carbocycles. The Labute approximate surface area is 78.4 Å². The fourth-order valence-corrected chi connectivity index (χ4v) is 3.01. The third kappa shape index (κ3) is 0.856. The number of aliphatic hydroxyl groups is 1. The molecule has 13 heavy (non-hydrogen) atoms. The predicted molar refractivity (Wildman–Crippen MR) is 51.9 cm³/mol. The van der Waals surface area contributed by atoms with Crippen molar-refractivity contribution in [3.05, 3.63) is 34.9 Å². The highest BCUT2D eigenvalue weighted by Crippen LogP contribution is 2.53. The van der Waals surface area contributed by atoms with E-state index in [9.17, 15) is 5.11 Å². The molecule has 1 nitrogen and oxygen atoms in total. The number of aliphatic hydroxyl groups excluding tert-OH is 1. The highest BCUT2D eigenvalue weighted by Gasteiger charge is 2.44. The minimum absolute atomic E-state index is 0.0863. The van der Waals surface area contributed by atoms with Gasteiger partial charge in [0.25, 0.3) is 0 Å². The maximum absolute atomic E-state index is 9.94. The van der Waals surface area contributed by atoms with E-state index in [-0.39, 0.29) is 6.10 Å². The molecule has 0 heterocycles. The van der Waals surface area contributed by atoms with Crippen LogP contribution in [-0.2, 0) is 0 Å². The number of rotatable bonds is 0. The summed E-state index contributed by atoms with van der Waals surface area (Å²) in [6.07, 6.45) is 2.28. The van der Waals surface area contributed by atoms with Crippen LogP contribution in [0.2, 0.25) is 0 Å². The zero-order chi connectivity index (χ0) is 9.00. The Morgan fingerprint density at radius 3 is 2.62 bits per heavy atom. The van der Waals surface area contributed by atoms with Crippen LogP contribution in [-0.4, -0.2) is 11.2 Å². The zero-order valence-corrected chi connectivity index (χ0v) is 7.83. The van der Waals surface area contributed by atoms with Gasteiger partial charge < -0.3 is 5.11 Å². The van der Waals surface area contributed by atoms with Crippen LogP contribution in [0.4, 0.5) is 0 Å². The Morgan fingerprint density at radius 2 is 1.85 bits per heavy atom. The van der Waals surface area contributed by atoms with E-state index in [1.54, 1.807) is 0 Å². The van der Waals surface area contributed by atoms with Crippen molar-refractivity contribution in [3.8, 4) is 0 Å². The first-order valence-electron chi connectivity index (χ1n) is 5.06. The van der Waals surface area contributed by atoms with E-state index in [0.717, 1.165) is 0 Å². The molecule has 2 bridgehead atoms. The predicted octanol–water partition coefficient (Wildman–Crippen LogP) is 2.33. The van der Waals surface area contributed by atoms with E-state index in [1.165, 1.54) is 29.5 Å². The van der Waals surface area contributed by atoms with Gasteiger partial charge in [-0.1, -0.05) is 23.8 Å². The van der Waals surface area contributed by atoms with Gasteiger partial charge in [0.1, 0.15) is 0 Å². The normalized spacial score (nSPS) is 35.1. The van der Waals surface area contributed by atoms with Crippen molar-refractivity contribution in [2.45, 2.75) is 37.7 Å². The summed E-state index contributed by atoms with van der Waals surface area (Å²) in [6.45, 7) is 2.12. The lowest BCUT2D eigenvalue weighted by Crippen LogP contribution is -2.08. The second-order valence-electron chi connectivity index (χ2n) is 4.41. The van der Waals surface area contributed by atoms with Crippen LogP contribution in [0.5, 0.6) is 0 Å². The van der Waals surface area contributed by atoms with Crippen LogP contribution in [0.1, 0.15) is 41.4 Å². The average Bonchev–Trinajstić information content (AvgIpc) is 2.59. The van der Waals surface area contributed by atoms with Crippen LogP contribution >= 0.6 is 0 Å². The second-order valence-corrected chi connectivity index (χ2v) is 4.41. The second kappa shape index (κ2) is 2.36. The van der Waals surface area contributed by atoms with Crippen LogP contribution in [0.15, 0.2) is 18.2 Å². The Balaban J connectivity index is 2.19. The van der Waals surface area contributed by atoms with Gasteiger partial charge in [0.2, 0.25) is 0 Å². The van der Waals surface area contributed by atoms with Gasteiger partial charge in [0.05, 0.1) is 6.10 Å². The molecular weight excluding hydrogens is 160 g/mol. The van der Waals surface area contributed by atoms with Crippen molar-refractivity contribution in [2.75, 3.05) is 0 Å². The molecule has 2 aliphatic rings. The Hall–Kier alpha value is -0.820. The standard InChI is InChI=1S/C12H14O/c1-7-2-3-8-9-4-5-10(12(9)13)11(8)6-7/h2-3,6,9-10,12-13H,4-5H2,1H3/t9-,10+,12?/m1/s1. The molecule has 68 valence electrons. The van der Waals surface area contributed by atoms with Gasteiger partial charge in [0.15, 0.2) is 0 Å². The lowest BCUT2D eigenvalue weighted by molar-refractivity contribution is 0.159. The van der Waals surface area contributed by atoms with Crippen molar-refractivity contribution in [1.82, 2.24) is 0 Å². The van der Waals surface area contributed by atoms with E-state index >= 15 is 0 Å². The minimum atomic E-state index is -0.0863. The van der Waals surface area contributed by atoms with Crippen molar-refractivity contribution in [3.63, 3.8) is 0 Å². The third-order valence-corrected chi connectivity index (χ3v) is 3.65. The van der Waals surface area contributed by atoms with E-state index < -0.39 is 0 Å². The molecule has 0 radical (unpaired) electrons. The Morgan fingerprint density at radius 1 is 1.15 bits per heavy atom. The molecule has 1 aromatic rings. The number of hydrogen-bond acceptors (Lipinski definition) is 1. The smallest absolute Gasteiger partial charge is 0.0677 e. The fraction of sp³-hybridized carbons (Fsp3) is 0.500. The summed E-state index contributed by atoms with van der Waals surface area (Å²) in [5, 5.41) is 9.94. The summed E-state index contributed by atoms with van der Waals surface area (Å²) < 4.78 is 0. The van der Waals surface area contributed by atoms with Crippen molar-refractivity contribution < 1.29 is 5.11 Å². The lowest BCUT2D eigenvalue weighted by atomic mass is 9.91. The SMILES string of the molecule is Cc1ccc2c(c1)[C@@H]1CC[C@H]2C1O. The highest BCUT2D eigenvalue weighted by atomic mass is 16.3. The van der Waals surface area contributed by atoms with E-state index in [4.69, 9.17) is 0 Å². The highest BCUT2D eigenvalue weighted by molar-refractivity contribution is 5.45. The van der Waals surface area contributed by atoms with Gasteiger partial charge in [-0.2, -0.15) is 0 Å². The van der Waals surface area contributed by atoms with Crippen molar-refractivity contribution in [1.29, 1.82) is 0 Å². The van der Waals surface area contributed by atoms with Gasteiger partial charge in [0, 0.05) is 11.8 Å². The van der Waals surface area contributed by atoms with Crippen molar-refractivity contribution in [2.24, 2.45) is 0 Å². The Kier molecular flexibility index (Phi) is 1.37. The largest absolute Gasteiger partial charge is 0.392 e. The molecule has 0 amide bonds. The van der Waals surface area contributed by atoms with Gasteiger partial charge in [-0.05, 0) is 30.9 Å². The summed E-state index contributed by atoms with van der Waals surface area (Å²) in [6, 6.07) is 6.62. The topological polar surface area (TPSA) is 20.2 Å². The number of benzene rings is 1. The molecule has 1 saturated carbocycles. The molecule has 3 rings (SSSR count). The summed E-state index contributed by atoms with van der Waals surface area (Å²) in [4.78, 5) is 0. The molecule has 1 unspecified atom stereocenters. The van der Waals surface area contributed by atoms with Gasteiger partial charge in [-0.25, -0.2) is 0 Å². The Bertz CT molecular complexity index is 356. The number of fused-ring (bicyclic) bond motifs is 5. The van der Waals surface area contributed by atoms with Gasteiger partial charge in [-0.15, -0.1) is 0 Å². The van der Waals surface area contributed by atoms with E-state index in [0.29, 0.717) is 11.8 Å². The molecular formula is C12H14O. The molecule has 0 aliphatic heterocycles.